The summed E-state index contributed by atoms with van der Waals surface area (Å²) in [6, 6.07) is 41.9. The van der Waals surface area contributed by atoms with Crippen molar-refractivity contribution in [1.82, 2.24) is 0 Å². The predicted octanol–water partition coefficient (Wildman–Crippen LogP) is 3.65. The molecule has 5 aromatic rings. The van der Waals surface area contributed by atoms with Crippen molar-refractivity contribution in [2.75, 3.05) is 0 Å². The molecule has 0 heterocycles. The standard InChI is InChI=1S/C15H13.C13H10.C11H11.2ClH.Zr/c1-10-3-5-14-12(7-10)9-13-8-11(2)4-6-15(13)14;1-3-7-12(8-4-1)11-13-9-5-2-6-10-13;1-8-6-10-4-3-5-11(10)7-9(8)2;;;/h3-9H,1-2H3;1-10H;3-7H,1-2H3;2*1H;/q;;;;;+2/p-2. The number of hydrogen-bond donors (Lipinski definition) is 0. The van der Waals surface area contributed by atoms with Gasteiger partial charge in [0.05, 0.1) is 0 Å². The first kappa shape index (κ1) is 30.6. The Morgan fingerprint density at radius 3 is 1.57 bits per heavy atom. The van der Waals surface area contributed by atoms with Crippen LogP contribution >= 0.6 is 0 Å². The largest absolute Gasteiger partial charge is 1.00 e. The van der Waals surface area contributed by atoms with Gasteiger partial charge in [0, 0.05) is 0 Å². The van der Waals surface area contributed by atoms with Crippen molar-refractivity contribution in [3.8, 4) is 11.1 Å². The number of benzene rings is 5. The monoisotopic (exact) mass is 662 g/mol. The third kappa shape index (κ3) is 5.26. The molecule has 2 aliphatic rings. The maximum Gasteiger partial charge on any atom is -1.00 e. The summed E-state index contributed by atoms with van der Waals surface area (Å²) in [6.07, 6.45) is 5.00. The Morgan fingerprint density at radius 2 is 1.05 bits per heavy atom. The zero-order valence-corrected chi connectivity index (χ0v) is 28.4. The molecule has 0 N–H and O–H groups in total. The van der Waals surface area contributed by atoms with E-state index in [1.165, 1.54) is 55.6 Å². The van der Waals surface area contributed by atoms with Crippen molar-refractivity contribution >= 4 is 9.28 Å². The number of hydrogen-bond acceptors (Lipinski definition) is 0. The maximum atomic E-state index is 2.58. The third-order valence-corrected chi connectivity index (χ3v) is 17.7. The van der Waals surface area contributed by atoms with E-state index in [-0.39, 0.29) is 24.8 Å². The van der Waals surface area contributed by atoms with Crippen LogP contribution in [0.4, 0.5) is 0 Å². The Kier molecular flexibility index (Phi) is 9.06. The molecule has 0 saturated carbocycles. The van der Waals surface area contributed by atoms with Gasteiger partial charge in [0.15, 0.2) is 0 Å². The Bertz CT molecular complexity index is 1740. The molecule has 0 bridgehead atoms. The summed E-state index contributed by atoms with van der Waals surface area (Å²) in [5.74, 6) is 0. The minimum absolute atomic E-state index is 0. The van der Waals surface area contributed by atoms with Gasteiger partial charge in [-0.2, -0.15) is 0 Å². The van der Waals surface area contributed by atoms with E-state index in [1.54, 1.807) is 14.3 Å². The molecule has 2 aliphatic carbocycles. The van der Waals surface area contributed by atoms with Gasteiger partial charge in [-0.1, -0.05) is 0 Å². The number of halogens is 2. The zero-order valence-electron chi connectivity index (χ0n) is 24.5. The van der Waals surface area contributed by atoms with Crippen LogP contribution in [-0.4, -0.2) is 3.21 Å². The molecule has 0 nitrogen and oxygen atoms in total. The van der Waals surface area contributed by atoms with Crippen molar-refractivity contribution in [3.63, 3.8) is 0 Å². The smallest absolute Gasteiger partial charge is 1.00 e. The van der Waals surface area contributed by atoms with Crippen molar-refractivity contribution < 1.29 is 46.1 Å². The Balaban J connectivity index is 0.00000176. The summed E-state index contributed by atoms with van der Waals surface area (Å²) >= 11 is -2.73. The van der Waals surface area contributed by atoms with E-state index in [0.717, 1.165) is 0 Å². The summed E-state index contributed by atoms with van der Waals surface area (Å²) < 4.78 is 2.51. The molecule has 1 unspecified atom stereocenters. The molecule has 0 fully saturated rings. The minimum Gasteiger partial charge on any atom is -1.00 e. The molecule has 5 aromatic carbocycles. The van der Waals surface area contributed by atoms with Crippen LogP contribution in [0.3, 0.4) is 0 Å². The molecule has 42 heavy (non-hydrogen) atoms. The number of fused-ring (bicyclic) bond motifs is 4. The summed E-state index contributed by atoms with van der Waals surface area (Å²) in [6.45, 7) is 9.03. The molecule has 0 spiro atoms. The van der Waals surface area contributed by atoms with Crippen molar-refractivity contribution in [2.45, 2.75) is 34.9 Å². The molecule has 7 rings (SSSR count). The fraction of sp³-hybridized carbons (Fsp3) is 0.154. The van der Waals surface area contributed by atoms with Crippen LogP contribution < -0.4 is 24.8 Å². The normalized spacial score (nSPS) is 14.1. The van der Waals surface area contributed by atoms with Gasteiger partial charge >= 0.3 is 248 Å². The first-order chi connectivity index (χ1) is 19.5. The zero-order chi connectivity index (χ0) is 27.4. The first-order valence-corrected chi connectivity index (χ1v) is 18.4. The van der Waals surface area contributed by atoms with Gasteiger partial charge in [-0.25, -0.2) is 0 Å². The van der Waals surface area contributed by atoms with Gasteiger partial charge in [-0.3, -0.25) is 0 Å². The van der Waals surface area contributed by atoms with Gasteiger partial charge in [-0.05, 0) is 0 Å². The summed E-state index contributed by atoms with van der Waals surface area (Å²) in [4.78, 5) is 0. The van der Waals surface area contributed by atoms with Gasteiger partial charge in [0.1, 0.15) is 0 Å². The van der Waals surface area contributed by atoms with Crippen LogP contribution in [0.25, 0.3) is 17.2 Å². The average Bonchev–Trinajstić information content (AvgIpc) is 3.50. The summed E-state index contributed by atoms with van der Waals surface area (Å²) in [5, 5.41) is 0. The topological polar surface area (TPSA) is 0 Å². The van der Waals surface area contributed by atoms with Gasteiger partial charge < -0.3 is 24.8 Å². The van der Waals surface area contributed by atoms with Gasteiger partial charge in [-0.15, -0.1) is 0 Å². The molecule has 3 heteroatoms. The molecule has 208 valence electrons. The van der Waals surface area contributed by atoms with Crippen LogP contribution in [0.15, 0.2) is 115 Å². The van der Waals surface area contributed by atoms with Crippen LogP contribution in [0.2, 0.25) is 0 Å². The van der Waals surface area contributed by atoms with Crippen molar-refractivity contribution in [1.29, 1.82) is 0 Å². The van der Waals surface area contributed by atoms with E-state index < -0.39 is 21.3 Å². The summed E-state index contributed by atoms with van der Waals surface area (Å²) in [7, 11) is 0. The molecule has 0 saturated heterocycles. The quantitative estimate of drug-likeness (QED) is 0.276. The fourth-order valence-corrected chi connectivity index (χ4v) is 16.7. The second-order valence-electron chi connectivity index (χ2n) is 11.6. The van der Waals surface area contributed by atoms with E-state index in [1.807, 2.05) is 0 Å². The van der Waals surface area contributed by atoms with E-state index >= 15 is 0 Å². The molecular weight excluding hydrogens is 631 g/mol. The average molecular weight is 665 g/mol. The van der Waals surface area contributed by atoms with E-state index in [0.29, 0.717) is 7.25 Å². The van der Waals surface area contributed by atoms with E-state index in [2.05, 4.69) is 149 Å². The number of allylic oxidation sites excluding steroid dienone is 1. The number of rotatable bonds is 4. The summed E-state index contributed by atoms with van der Waals surface area (Å²) in [5.41, 5.74) is 17.2. The van der Waals surface area contributed by atoms with Crippen LogP contribution in [0.5, 0.6) is 0 Å². The van der Waals surface area contributed by atoms with Crippen LogP contribution in [-0.2, 0) is 21.3 Å². The molecule has 0 aromatic heterocycles. The minimum atomic E-state index is -2.73. The molecule has 0 amide bonds. The van der Waals surface area contributed by atoms with Crippen molar-refractivity contribution in [2.24, 2.45) is 0 Å². The SMILES string of the molecule is Cc1ccc2c(c1)[CH]([Zr+2](=[C](c1ccccc1)c1ccccc1)[CH]1C=Cc3cc(C)c(C)cc31)c1cc(C)ccc1-2.[Cl-].[Cl-]. The fourth-order valence-electron chi connectivity index (χ4n) is 6.87. The molecule has 0 aliphatic heterocycles. The second kappa shape index (κ2) is 12.4. The second-order valence-corrected chi connectivity index (χ2v) is 18.0. The molecule has 1 atom stereocenters. The Morgan fingerprint density at radius 1 is 0.548 bits per heavy atom. The van der Waals surface area contributed by atoms with Gasteiger partial charge in [0.25, 0.3) is 0 Å². The van der Waals surface area contributed by atoms with E-state index in [4.69, 9.17) is 0 Å². The van der Waals surface area contributed by atoms with Crippen LogP contribution in [0, 0.1) is 27.7 Å². The van der Waals surface area contributed by atoms with Crippen molar-refractivity contribution in [3.05, 3.63) is 171 Å². The predicted molar refractivity (Wildman–Crippen MR) is 167 cm³/mol. The first-order valence-electron chi connectivity index (χ1n) is 14.4. The van der Waals surface area contributed by atoms with Gasteiger partial charge in [0.2, 0.25) is 0 Å². The molecular formula is C39H34Cl2Zr. The van der Waals surface area contributed by atoms with Crippen LogP contribution in [0.1, 0.15) is 62.9 Å². The Hall–Kier alpha value is -2.83. The molecule has 0 radical (unpaired) electrons. The third-order valence-electron chi connectivity index (χ3n) is 8.89. The van der Waals surface area contributed by atoms with E-state index in [9.17, 15) is 0 Å². The Labute approximate surface area is 270 Å². The number of aryl methyl sites for hydroxylation is 4. The maximum absolute atomic E-state index is 2.73.